The summed E-state index contributed by atoms with van der Waals surface area (Å²) in [4.78, 5) is 13.8. The SMILES string of the molecule is COc1c(N(C)CC2CCC2)sc(C(N)=O)c1N. The van der Waals surface area contributed by atoms with Gasteiger partial charge in [-0.25, -0.2) is 0 Å². The minimum atomic E-state index is -0.501. The third-order valence-electron chi connectivity index (χ3n) is 3.41. The number of anilines is 2. The molecule has 1 aliphatic rings. The number of nitrogens with two attached hydrogens (primary N) is 2. The number of carbonyl (C=O) groups is 1. The van der Waals surface area contributed by atoms with E-state index >= 15 is 0 Å². The largest absolute Gasteiger partial charge is 0.492 e. The first-order valence-electron chi connectivity index (χ1n) is 6.01. The first-order valence-corrected chi connectivity index (χ1v) is 6.83. The van der Waals surface area contributed by atoms with Crippen LogP contribution in [0.4, 0.5) is 10.7 Å². The van der Waals surface area contributed by atoms with Gasteiger partial charge in [0.2, 0.25) is 0 Å². The summed E-state index contributed by atoms with van der Waals surface area (Å²) in [5.41, 5.74) is 11.5. The number of hydrogen-bond acceptors (Lipinski definition) is 5. The molecule has 0 radical (unpaired) electrons. The molecular weight excluding hydrogens is 250 g/mol. The fourth-order valence-electron chi connectivity index (χ4n) is 2.19. The monoisotopic (exact) mass is 269 g/mol. The minimum Gasteiger partial charge on any atom is -0.492 e. The molecule has 1 heterocycles. The molecule has 0 saturated heterocycles. The molecule has 5 nitrogen and oxygen atoms in total. The van der Waals surface area contributed by atoms with Gasteiger partial charge >= 0.3 is 0 Å². The van der Waals surface area contributed by atoms with Gasteiger partial charge in [0.05, 0.1) is 7.11 Å². The van der Waals surface area contributed by atoms with Crippen LogP contribution in [0, 0.1) is 5.92 Å². The lowest BCUT2D eigenvalue weighted by molar-refractivity contribution is 0.100. The van der Waals surface area contributed by atoms with Crippen LogP contribution < -0.4 is 21.1 Å². The first kappa shape index (κ1) is 13.0. The van der Waals surface area contributed by atoms with Gasteiger partial charge in [-0.05, 0) is 18.8 Å². The van der Waals surface area contributed by atoms with Crippen LogP contribution in [0.1, 0.15) is 28.9 Å². The zero-order chi connectivity index (χ0) is 13.3. The van der Waals surface area contributed by atoms with Crippen LogP contribution >= 0.6 is 11.3 Å². The lowest BCUT2D eigenvalue weighted by Crippen LogP contribution is -2.28. The summed E-state index contributed by atoms with van der Waals surface area (Å²) in [6, 6.07) is 0. The van der Waals surface area contributed by atoms with E-state index in [4.69, 9.17) is 16.2 Å². The highest BCUT2D eigenvalue weighted by molar-refractivity contribution is 7.19. The van der Waals surface area contributed by atoms with Crippen LogP contribution in [0.25, 0.3) is 0 Å². The fraction of sp³-hybridized carbons (Fsp3) is 0.583. The maximum absolute atomic E-state index is 11.3. The van der Waals surface area contributed by atoms with Gasteiger partial charge in [0, 0.05) is 13.6 Å². The molecule has 1 aliphatic carbocycles. The Hall–Kier alpha value is -1.43. The van der Waals surface area contributed by atoms with Crippen LogP contribution in [-0.2, 0) is 0 Å². The summed E-state index contributed by atoms with van der Waals surface area (Å²) in [6.45, 7) is 0.967. The fourth-order valence-corrected chi connectivity index (χ4v) is 3.21. The van der Waals surface area contributed by atoms with E-state index in [1.165, 1.54) is 30.6 Å². The predicted octanol–water partition coefficient (Wildman–Crippen LogP) is 1.67. The summed E-state index contributed by atoms with van der Waals surface area (Å²) in [6.07, 6.45) is 3.86. The Balaban J connectivity index is 2.24. The molecule has 0 atom stereocenters. The van der Waals surface area contributed by atoms with Crippen molar-refractivity contribution in [3.8, 4) is 5.75 Å². The number of methoxy groups -OCH3 is 1. The highest BCUT2D eigenvalue weighted by Gasteiger charge is 2.25. The molecule has 18 heavy (non-hydrogen) atoms. The van der Waals surface area contributed by atoms with Gasteiger partial charge < -0.3 is 21.1 Å². The van der Waals surface area contributed by atoms with Crippen LogP contribution in [-0.4, -0.2) is 26.6 Å². The number of amides is 1. The van der Waals surface area contributed by atoms with E-state index in [1.54, 1.807) is 7.11 Å². The number of primary amides is 1. The molecular formula is C12H19N3O2S. The Morgan fingerprint density at radius 2 is 2.22 bits per heavy atom. The van der Waals surface area contributed by atoms with Gasteiger partial charge in [-0.15, -0.1) is 11.3 Å². The minimum absolute atomic E-state index is 0.352. The van der Waals surface area contributed by atoms with Crippen LogP contribution in [0.5, 0.6) is 5.75 Å². The van der Waals surface area contributed by atoms with Crippen molar-refractivity contribution >= 4 is 27.9 Å². The molecule has 1 saturated carbocycles. The average molecular weight is 269 g/mol. The number of carbonyl (C=O) groups excluding carboxylic acids is 1. The Morgan fingerprint density at radius 3 is 2.67 bits per heavy atom. The summed E-state index contributed by atoms with van der Waals surface area (Å²) < 4.78 is 5.30. The average Bonchev–Trinajstić information content (AvgIpc) is 2.60. The quantitative estimate of drug-likeness (QED) is 0.852. The van der Waals surface area contributed by atoms with Gasteiger partial charge in [0.15, 0.2) is 5.75 Å². The van der Waals surface area contributed by atoms with E-state index in [0.29, 0.717) is 16.3 Å². The van der Waals surface area contributed by atoms with Crippen molar-refractivity contribution in [2.45, 2.75) is 19.3 Å². The second-order valence-electron chi connectivity index (χ2n) is 4.72. The van der Waals surface area contributed by atoms with E-state index in [2.05, 4.69) is 4.90 Å². The van der Waals surface area contributed by atoms with Crippen molar-refractivity contribution in [1.29, 1.82) is 0 Å². The van der Waals surface area contributed by atoms with Crippen LogP contribution in [0.2, 0.25) is 0 Å². The molecule has 4 N–H and O–H groups in total. The molecule has 6 heteroatoms. The Morgan fingerprint density at radius 1 is 1.56 bits per heavy atom. The summed E-state index contributed by atoms with van der Waals surface area (Å²) in [5.74, 6) is 0.801. The number of hydrogen-bond donors (Lipinski definition) is 2. The van der Waals surface area contributed by atoms with Gasteiger partial charge in [-0.3, -0.25) is 4.79 Å². The molecule has 0 unspecified atom stereocenters. The van der Waals surface area contributed by atoms with Crippen molar-refractivity contribution in [1.82, 2.24) is 0 Å². The molecule has 0 bridgehead atoms. The molecule has 100 valence electrons. The van der Waals surface area contributed by atoms with E-state index < -0.39 is 5.91 Å². The Kier molecular flexibility index (Phi) is 3.65. The van der Waals surface area contributed by atoms with Crippen LogP contribution in [0.3, 0.4) is 0 Å². The lowest BCUT2D eigenvalue weighted by atomic mass is 9.85. The third kappa shape index (κ3) is 2.25. The van der Waals surface area contributed by atoms with Crippen molar-refractivity contribution < 1.29 is 9.53 Å². The summed E-state index contributed by atoms with van der Waals surface area (Å²) in [5, 5.41) is 0.885. The van der Waals surface area contributed by atoms with Gasteiger partial charge in [0.1, 0.15) is 15.6 Å². The maximum atomic E-state index is 11.3. The summed E-state index contributed by atoms with van der Waals surface area (Å²) >= 11 is 1.30. The van der Waals surface area contributed by atoms with E-state index in [-0.39, 0.29) is 0 Å². The van der Waals surface area contributed by atoms with E-state index in [0.717, 1.165) is 17.5 Å². The van der Waals surface area contributed by atoms with Gasteiger partial charge in [0.25, 0.3) is 5.91 Å². The van der Waals surface area contributed by atoms with Gasteiger partial charge in [-0.1, -0.05) is 6.42 Å². The number of thiophene rings is 1. The molecule has 1 amide bonds. The van der Waals surface area contributed by atoms with Gasteiger partial charge in [-0.2, -0.15) is 0 Å². The van der Waals surface area contributed by atoms with Crippen molar-refractivity contribution in [2.75, 3.05) is 31.3 Å². The normalized spacial score (nSPS) is 15.2. The number of ether oxygens (including phenoxy) is 1. The molecule has 2 rings (SSSR count). The lowest BCUT2D eigenvalue weighted by Gasteiger charge is -2.30. The highest BCUT2D eigenvalue weighted by atomic mass is 32.1. The standard InChI is InChI=1S/C12H19N3O2S/c1-15(6-7-4-3-5-7)12-9(17-2)8(13)10(18-12)11(14)16/h7H,3-6,13H2,1-2H3,(H2,14,16). The number of rotatable bonds is 5. The maximum Gasteiger partial charge on any atom is 0.261 e. The second-order valence-corrected chi connectivity index (χ2v) is 5.72. The molecule has 0 aromatic carbocycles. The first-order chi connectivity index (χ1) is 8.54. The second kappa shape index (κ2) is 5.06. The van der Waals surface area contributed by atoms with Crippen molar-refractivity contribution in [2.24, 2.45) is 11.7 Å². The topological polar surface area (TPSA) is 81.6 Å². The predicted molar refractivity (Wildman–Crippen MR) is 74.4 cm³/mol. The highest BCUT2D eigenvalue weighted by Crippen LogP contribution is 2.44. The summed E-state index contributed by atoms with van der Waals surface area (Å²) in [7, 11) is 3.56. The third-order valence-corrected chi connectivity index (χ3v) is 4.73. The van der Waals surface area contributed by atoms with Crippen molar-refractivity contribution in [3.63, 3.8) is 0 Å². The molecule has 0 aliphatic heterocycles. The zero-order valence-corrected chi connectivity index (χ0v) is 11.5. The molecule has 0 spiro atoms. The molecule has 1 fully saturated rings. The smallest absolute Gasteiger partial charge is 0.261 e. The number of nitrogen functional groups attached to an aromatic ring is 1. The Bertz CT molecular complexity index is 454. The number of nitrogens with zero attached hydrogens (tertiary/aromatic N) is 1. The molecule has 1 aromatic heterocycles. The molecule has 1 aromatic rings. The zero-order valence-electron chi connectivity index (χ0n) is 10.7. The van der Waals surface area contributed by atoms with Crippen LogP contribution in [0.15, 0.2) is 0 Å². The van der Waals surface area contributed by atoms with E-state index in [9.17, 15) is 4.79 Å². The Labute approximate surface area is 111 Å². The van der Waals surface area contributed by atoms with E-state index in [1.807, 2.05) is 7.05 Å². The van der Waals surface area contributed by atoms with Crippen molar-refractivity contribution in [3.05, 3.63) is 4.88 Å².